The van der Waals surface area contributed by atoms with Crippen molar-refractivity contribution >= 4 is 17.5 Å². The highest BCUT2D eigenvalue weighted by molar-refractivity contribution is 5.94. The van der Waals surface area contributed by atoms with Crippen molar-refractivity contribution in [1.82, 2.24) is 14.3 Å². The molecule has 0 bridgehead atoms. The van der Waals surface area contributed by atoms with Crippen molar-refractivity contribution in [1.29, 1.82) is 0 Å². The van der Waals surface area contributed by atoms with E-state index in [0.717, 1.165) is 5.69 Å². The molecule has 2 heterocycles. The SMILES string of the molecule is C=CCN(CC(=O)O)C(=O)c1cn2c(C)cccc2n1. The van der Waals surface area contributed by atoms with Gasteiger partial charge in [-0.2, -0.15) is 0 Å². The minimum atomic E-state index is -1.07. The van der Waals surface area contributed by atoms with Crippen LogP contribution in [0, 0.1) is 6.92 Å². The standard InChI is InChI=1S/C14H15N3O3/c1-3-7-16(9-13(18)19)14(20)11-8-17-10(2)5-4-6-12(17)15-11/h3-6,8H,1,7,9H2,2H3,(H,18,19). The lowest BCUT2D eigenvalue weighted by atomic mass is 10.3. The van der Waals surface area contributed by atoms with Gasteiger partial charge in [-0.25, -0.2) is 4.98 Å². The maximum atomic E-state index is 12.3. The molecule has 0 radical (unpaired) electrons. The minimum absolute atomic E-state index is 0.165. The van der Waals surface area contributed by atoms with Crippen molar-refractivity contribution in [2.24, 2.45) is 0 Å². The Bertz CT molecular complexity index is 675. The van der Waals surface area contributed by atoms with Gasteiger partial charge in [0.05, 0.1) is 0 Å². The molecule has 6 heteroatoms. The molecule has 0 aliphatic rings. The number of aliphatic carboxylic acids is 1. The molecule has 2 aromatic heterocycles. The number of aryl methyl sites for hydroxylation is 1. The first-order valence-corrected chi connectivity index (χ1v) is 6.09. The zero-order valence-electron chi connectivity index (χ0n) is 11.1. The number of imidazole rings is 1. The molecule has 2 aromatic rings. The van der Waals surface area contributed by atoms with Gasteiger partial charge in [0.1, 0.15) is 17.9 Å². The van der Waals surface area contributed by atoms with Crippen molar-refractivity contribution in [3.63, 3.8) is 0 Å². The van der Waals surface area contributed by atoms with Gasteiger partial charge >= 0.3 is 5.97 Å². The summed E-state index contributed by atoms with van der Waals surface area (Å²) in [7, 11) is 0. The number of hydrogen-bond donors (Lipinski definition) is 1. The largest absolute Gasteiger partial charge is 0.480 e. The zero-order chi connectivity index (χ0) is 14.7. The predicted octanol–water partition coefficient (Wildman–Crippen LogP) is 1.36. The van der Waals surface area contributed by atoms with Crippen LogP contribution in [0.25, 0.3) is 5.65 Å². The van der Waals surface area contributed by atoms with Crippen LogP contribution in [0.1, 0.15) is 16.2 Å². The molecule has 0 saturated carbocycles. The zero-order valence-corrected chi connectivity index (χ0v) is 11.1. The molecule has 1 amide bonds. The van der Waals surface area contributed by atoms with Crippen molar-refractivity contribution < 1.29 is 14.7 Å². The second kappa shape index (κ2) is 5.56. The van der Waals surface area contributed by atoms with Crippen molar-refractivity contribution in [3.05, 3.63) is 48.4 Å². The quantitative estimate of drug-likeness (QED) is 0.834. The summed E-state index contributed by atoms with van der Waals surface area (Å²) < 4.78 is 1.79. The number of carboxylic acids is 1. The summed E-state index contributed by atoms with van der Waals surface area (Å²) in [6.45, 7) is 5.22. The number of hydrogen-bond acceptors (Lipinski definition) is 3. The molecular formula is C14H15N3O3. The van der Waals surface area contributed by atoms with E-state index in [1.807, 2.05) is 19.1 Å². The summed E-state index contributed by atoms with van der Waals surface area (Å²) in [5.74, 6) is -1.49. The summed E-state index contributed by atoms with van der Waals surface area (Å²) in [5.41, 5.74) is 1.83. The normalized spacial score (nSPS) is 10.4. The molecule has 104 valence electrons. The van der Waals surface area contributed by atoms with E-state index >= 15 is 0 Å². The van der Waals surface area contributed by atoms with Gasteiger partial charge in [0, 0.05) is 18.4 Å². The van der Waals surface area contributed by atoms with Gasteiger partial charge < -0.3 is 14.4 Å². The Kier molecular flexibility index (Phi) is 3.84. The van der Waals surface area contributed by atoms with E-state index in [9.17, 15) is 9.59 Å². The fraction of sp³-hybridized carbons (Fsp3) is 0.214. The van der Waals surface area contributed by atoms with E-state index < -0.39 is 11.9 Å². The van der Waals surface area contributed by atoms with Gasteiger partial charge in [0.2, 0.25) is 0 Å². The third-order valence-corrected chi connectivity index (χ3v) is 2.88. The molecule has 0 aromatic carbocycles. The third kappa shape index (κ3) is 2.69. The average Bonchev–Trinajstić information content (AvgIpc) is 2.82. The van der Waals surface area contributed by atoms with Crippen LogP contribution in [-0.4, -0.2) is 44.4 Å². The summed E-state index contributed by atoms with van der Waals surface area (Å²) in [6, 6.07) is 5.55. The van der Waals surface area contributed by atoms with Crippen molar-refractivity contribution in [2.45, 2.75) is 6.92 Å². The summed E-state index contributed by atoms with van der Waals surface area (Å²) in [6.07, 6.45) is 3.10. The fourth-order valence-electron chi connectivity index (χ4n) is 1.95. The van der Waals surface area contributed by atoms with Gasteiger partial charge in [0.25, 0.3) is 5.91 Å². The van der Waals surface area contributed by atoms with Gasteiger partial charge in [-0.3, -0.25) is 9.59 Å². The Hall–Kier alpha value is -2.63. The van der Waals surface area contributed by atoms with E-state index in [2.05, 4.69) is 11.6 Å². The van der Waals surface area contributed by atoms with Crippen LogP contribution in [0.15, 0.2) is 37.1 Å². The van der Waals surface area contributed by atoms with E-state index in [1.54, 1.807) is 16.7 Å². The molecule has 1 N–H and O–H groups in total. The minimum Gasteiger partial charge on any atom is -0.480 e. The maximum absolute atomic E-state index is 12.3. The number of aromatic nitrogens is 2. The average molecular weight is 273 g/mol. The van der Waals surface area contributed by atoms with Gasteiger partial charge in [0.15, 0.2) is 0 Å². The monoisotopic (exact) mass is 273 g/mol. The number of carboxylic acid groups (broad SMARTS) is 1. The van der Waals surface area contributed by atoms with Gasteiger partial charge in [-0.15, -0.1) is 6.58 Å². The number of carbonyl (C=O) groups excluding carboxylic acids is 1. The number of fused-ring (bicyclic) bond motifs is 1. The van der Waals surface area contributed by atoms with Crippen LogP contribution in [0.5, 0.6) is 0 Å². The number of carbonyl (C=O) groups is 2. The summed E-state index contributed by atoms with van der Waals surface area (Å²) in [4.78, 5) is 28.5. The van der Waals surface area contributed by atoms with Crippen molar-refractivity contribution in [3.8, 4) is 0 Å². The maximum Gasteiger partial charge on any atom is 0.323 e. The molecule has 6 nitrogen and oxygen atoms in total. The molecule has 0 atom stereocenters. The van der Waals surface area contributed by atoms with Crippen LogP contribution >= 0.6 is 0 Å². The third-order valence-electron chi connectivity index (χ3n) is 2.88. The van der Waals surface area contributed by atoms with Gasteiger partial charge in [-0.05, 0) is 19.1 Å². The number of rotatable bonds is 5. The molecule has 0 saturated heterocycles. The molecule has 0 fully saturated rings. The van der Waals surface area contributed by atoms with Crippen LogP contribution in [0.4, 0.5) is 0 Å². The molecule has 0 spiro atoms. The van der Waals surface area contributed by atoms with Crippen molar-refractivity contribution in [2.75, 3.05) is 13.1 Å². The smallest absolute Gasteiger partial charge is 0.323 e. The highest BCUT2D eigenvalue weighted by atomic mass is 16.4. The van der Waals surface area contributed by atoms with Crippen LogP contribution in [-0.2, 0) is 4.79 Å². The first-order valence-electron chi connectivity index (χ1n) is 6.09. The summed E-state index contributed by atoms with van der Waals surface area (Å²) in [5, 5.41) is 8.84. The Balaban J connectivity index is 2.35. The number of nitrogens with zero attached hydrogens (tertiary/aromatic N) is 3. The lowest BCUT2D eigenvalue weighted by molar-refractivity contribution is -0.137. The van der Waals surface area contributed by atoms with E-state index in [-0.39, 0.29) is 18.8 Å². The summed E-state index contributed by atoms with van der Waals surface area (Å²) >= 11 is 0. The first-order chi connectivity index (χ1) is 9.52. The Morgan fingerprint density at radius 1 is 1.50 bits per heavy atom. The van der Waals surface area contributed by atoms with E-state index in [0.29, 0.717) is 5.65 Å². The fourth-order valence-corrected chi connectivity index (χ4v) is 1.95. The Morgan fingerprint density at radius 3 is 2.85 bits per heavy atom. The second-order valence-electron chi connectivity index (χ2n) is 4.39. The van der Waals surface area contributed by atoms with Gasteiger partial charge in [-0.1, -0.05) is 12.1 Å². The van der Waals surface area contributed by atoms with Crippen LogP contribution in [0.3, 0.4) is 0 Å². The lowest BCUT2D eigenvalue weighted by Crippen LogP contribution is -2.35. The second-order valence-corrected chi connectivity index (χ2v) is 4.39. The molecule has 20 heavy (non-hydrogen) atoms. The number of pyridine rings is 1. The van der Waals surface area contributed by atoms with E-state index in [1.165, 1.54) is 11.0 Å². The van der Waals surface area contributed by atoms with Crippen LogP contribution < -0.4 is 0 Å². The molecule has 0 aliphatic carbocycles. The Morgan fingerprint density at radius 2 is 2.25 bits per heavy atom. The number of amides is 1. The highest BCUT2D eigenvalue weighted by Gasteiger charge is 2.20. The highest BCUT2D eigenvalue weighted by Crippen LogP contribution is 2.10. The first kappa shape index (κ1) is 13.8. The van der Waals surface area contributed by atoms with Crippen LogP contribution in [0.2, 0.25) is 0 Å². The van der Waals surface area contributed by atoms with E-state index in [4.69, 9.17) is 5.11 Å². The topological polar surface area (TPSA) is 74.9 Å². The molecular weight excluding hydrogens is 258 g/mol. The molecule has 0 unspecified atom stereocenters. The lowest BCUT2D eigenvalue weighted by Gasteiger charge is -2.17. The predicted molar refractivity (Wildman–Crippen MR) is 73.7 cm³/mol. The Labute approximate surface area is 116 Å². The molecule has 0 aliphatic heterocycles. The molecule has 2 rings (SSSR count).